The van der Waals surface area contributed by atoms with E-state index in [2.05, 4.69) is 5.32 Å². The average molecular weight is 614 g/mol. The van der Waals surface area contributed by atoms with Crippen LogP contribution in [0, 0.1) is 0 Å². The van der Waals surface area contributed by atoms with Crippen LogP contribution in [0.2, 0.25) is 5.02 Å². The van der Waals surface area contributed by atoms with Gasteiger partial charge in [0.25, 0.3) is 0 Å². The van der Waals surface area contributed by atoms with Crippen LogP contribution in [0.25, 0.3) is 0 Å². The molecule has 42 heavy (non-hydrogen) atoms. The van der Waals surface area contributed by atoms with Crippen LogP contribution in [-0.2, 0) is 32.6 Å². The standard InChI is InChI=1S/C31H36ClN3O6S/c1-4-22(3)33-31(37)27(17-23-11-7-6-8-12-23)34(19-24-13-9-10-14-26(24)32)30(36)20-35(42(38,39)5-2)25-15-16-28-29(18-25)41-21-40-28/h6-16,18,22,27H,4-5,17,19-21H2,1-3H3,(H,33,37)/t22-,27+/m0/s1. The van der Waals surface area contributed by atoms with E-state index < -0.39 is 28.5 Å². The van der Waals surface area contributed by atoms with Crippen LogP contribution < -0.4 is 19.1 Å². The van der Waals surface area contributed by atoms with E-state index in [0.717, 1.165) is 9.87 Å². The summed E-state index contributed by atoms with van der Waals surface area (Å²) in [6.07, 6.45) is 0.929. The van der Waals surface area contributed by atoms with Gasteiger partial charge in [-0.3, -0.25) is 13.9 Å². The van der Waals surface area contributed by atoms with Crippen molar-refractivity contribution >= 4 is 39.1 Å². The highest BCUT2D eigenvalue weighted by Crippen LogP contribution is 2.36. The molecule has 1 aliphatic heterocycles. The summed E-state index contributed by atoms with van der Waals surface area (Å²) >= 11 is 6.50. The molecule has 0 saturated heterocycles. The van der Waals surface area contributed by atoms with Gasteiger partial charge in [0.2, 0.25) is 28.6 Å². The molecule has 9 nitrogen and oxygen atoms in total. The van der Waals surface area contributed by atoms with Gasteiger partial charge in [-0.15, -0.1) is 0 Å². The van der Waals surface area contributed by atoms with E-state index in [1.165, 1.54) is 17.9 Å². The highest BCUT2D eigenvalue weighted by Gasteiger charge is 2.34. The second-order valence-electron chi connectivity index (χ2n) is 10.1. The number of nitrogens with one attached hydrogen (secondary N) is 1. The number of sulfonamides is 1. The molecule has 224 valence electrons. The van der Waals surface area contributed by atoms with Crippen molar-refractivity contribution in [1.29, 1.82) is 0 Å². The highest BCUT2D eigenvalue weighted by atomic mass is 35.5. The summed E-state index contributed by atoms with van der Waals surface area (Å²) in [4.78, 5) is 29.5. The Bertz CT molecular complexity index is 1500. The van der Waals surface area contributed by atoms with Crippen LogP contribution in [0.3, 0.4) is 0 Å². The van der Waals surface area contributed by atoms with Gasteiger partial charge in [-0.05, 0) is 49.6 Å². The Kier molecular flexibility index (Phi) is 10.3. The molecule has 3 aromatic rings. The van der Waals surface area contributed by atoms with Gasteiger partial charge in [-0.1, -0.05) is 67.1 Å². The Hall–Kier alpha value is -3.76. The van der Waals surface area contributed by atoms with E-state index in [4.69, 9.17) is 21.1 Å². The minimum absolute atomic E-state index is 0.00504. The fourth-order valence-corrected chi connectivity index (χ4v) is 5.81. The maximum atomic E-state index is 14.3. The van der Waals surface area contributed by atoms with Crippen LogP contribution in [-0.4, -0.2) is 56.3 Å². The number of fused-ring (bicyclic) bond motifs is 1. The lowest BCUT2D eigenvalue weighted by Gasteiger charge is -2.34. The maximum absolute atomic E-state index is 14.3. The predicted octanol–water partition coefficient (Wildman–Crippen LogP) is 4.78. The molecule has 0 unspecified atom stereocenters. The van der Waals surface area contributed by atoms with Gasteiger partial charge in [0.1, 0.15) is 12.6 Å². The number of rotatable bonds is 13. The van der Waals surface area contributed by atoms with Crippen molar-refractivity contribution in [3.8, 4) is 11.5 Å². The zero-order chi connectivity index (χ0) is 30.3. The normalized spacial score (nSPS) is 13.7. The SMILES string of the molecule is CC[C@H](C)NC(=O)[C@@H](Cc1ccccc1)N(Cc1ccccc1Cl)C(=O)CN(c1ccc2c(c1)OCO2)S(=O)(=O)CC. The third-order valence-electron chi connectivity index (χ3n) is 7.19. The largest absolute Gasteiger partial charge is 0.454 e. The Balaban J connectivity index is 1.76. The van der Waals surface area contributed by atoms with Crippen molar-refractivity contribution in [2.24, 2.45) is 0 Å². The van der Waals surface area contributed by atoms with Gasteiger partial charge in [-0.25, -0.2) is 8.42 Å². The average Bonchev–Trinajstić information content (AvgIpc) is 3.46. The zero-order valence-electron chi connectivity index (χ0n) is 24.0. The van der Waals surface area contributed by atoms with E-state index in [0.29, 0.717) is 28.5 Å². The number of amides is 2. The number of carbonyl (C=O) groups is 2. The quantitative estimate of drug-likeness (QED) is 0.298. The van der Waals surface area contributed by atoms with Crippen molar-refractivity contribution in [3.05, 3.63) is 88.9 Å². The van der Waals surface area contributed by atoms with Crippen molar-refractivity contribution in [1.82, 2.24) is 10.2 Å². The van der Waals surface area contributed by atoms with Gasteiger partial charge in [-0.2, -0.15) is 0 Å². The molecule has 0 spiro atoms. The topological polar surface area (TPSA) is 105 Å². The summed E-state index contributed by atoms with van der Waals surface area (Å²) in [5.41, 5.74) is 1.75. The highest BCUT2D eigenvalue weighted by molar-refractivity contribution is 7.92. The summed E-state index contributed by atoms with van der Waals surface area (Å²) < 4.78 is 38.6. The molecule has 2 amide bonds. The van der Waals surface area contributed by atoms with E-state index in [-0.39, 0.29) is 43.1 Å². The van der Waals surface area contributed by atoms with Gasteiger partial charge >= 0.3 is 0 Å². The monoisotopic (exact) mass is 613 g/mol. The molecule has 4 rings (SSSR count). The number of anilines is 1. The second kappa shape index (κ2) is 13.9. The fraction of sp³-hybridized carbons (Fsp3) is 0.355. The van der Waals surface area contributed by atoms with Crippen LogP contribution in [0.15, 0.2) is 72.8 Å². The Morgan fingerprint density at radius 3 is 2.36 bits per heavy atom. The number of carbonyl (C=O) groups excluding carboxylic acids is 2. The molecule has 11 heteroatoms. The Labute approximate surface area is 252 Å². The van der Waals surface area contributed by atoms with Gasteiger partial charge in [0.15, 0.2) is 11.5 Å². The van der Waals surface area contributed by atoms with E-state index in [1.54, 1.807) is 36.4 Å². The molecule has 2 atom stereocenters. The molecule has 0 radical (unpaired) electrons. The first-order valence-electron chi connectivity index (χ1n) is 13.9. The van der Waals surface area contributed by atoms with Crippen molar-refractivity contribution in [3.63, 3.8) is 0 Å². The maximum Gasteiger partial charge on any atom is 0.244 e. The fourth-order valence-electron chi connectivity index (χ4n) is 4.57. The van der Waals surface area contributed by atoms with Crippen LogP contribution in [0.5, 0.6) is 11.5 Å². The molecule has 1 aliphatic rings. The predicted molar refractivity (Wildman–Crippen MR) is 163 cm³/mol. The smallest absolute Gasteiger partial charge is 0.244 e. The summed E-state index contributed by atoms with van der Waals surface area (Å²) in [5, 5.41) is 3.45. The number of hydrogen-bond donors (Lipinski definition) is 1. The Morgan fingerprint density at radius 1 is 0.976 bits per heavy atom. The molecule has 0 aliphatic carbocycles. The number of ether oxygens (including phenoxy) is 2. The third kappa shape index (κ3) is 7.54. The number of hydrogen-bond acceptors (Lipinski definition) is 6. The number of benzene rings is 3. The van der Waals surface area contributed by atoms with Crippen LogP contribution in [0.1, 0.15) is 38.3 Å². The molecule has 3 aromatic carbocycles. The molecular formula is C31H36ClN3O6S. The first-order valence-corrected chi connectivity index (χ1v) is 15.9. The minimum Gasteiger partial charge on any atom is -0.454 e. The molecule has 0 bridgehead atoms. The second-order valence-corrected chi connectivity index (χ2v) is 12.7. The molecule has 0 saturated carbocycles. The minimum atomic E-state index is -3.91. The van der Waals surface area contributed by atoms with Crippen LogP contribution >= 0.6 is 11.6 Å². The van der Waals surface area contributed by atoms with E-state index in [1.807, 2.05) is 44.2 Å². The Morgan fingerprint density at radius 2 is 1.67 bits per heavy atom. The van der Waals surface area contributed by atoms with E-state index in [9.17, 15) is 18.0 Å². The first-order chi connectivity index (χ1) is 20.1. The summed E-state index contributed by atoms with van der Waals surface area (Å²) in [5.74, 6) is -0.240. The lowest BCUT2D eigenvalue weighted by atomic mass is 10.0. The molecule has 0 fully saturated rings. The molecule has 0 aromatic heterocycles. The van der Waals surface area contributed by atoms with Crippen LogP contribution in [0.4, 0.5) is 5.69 Å². The number of halogens is 1. The van der Waals surface area contributed by atoms with Gasteiger partial charge < -0.3 is 19.7 Å². The third-order valence-corrected chi connectivity index (χ3v) is 9.30. The number of nitrogens with zero attached hydrogens (tertiary/aromatic N) is 2. The van der Waals surface area contributed by atoms with Crippen molar-refractivity contribution in [2.75, 3.05) is 23.4 Å². The summed E-state index contributed by atoms with van der Waals surface area (Å²) in [6.45, 7) is 4.87. The molecular weight excluding hydrogens is 578 g/mol. The van der Waals surface area contributed by atoms with Gasteiger partial charge in [0.05, 0.1) is 11.4 Å². The lowest BCUT2D eigenvalue weighted by molar-refractivity contribution is -0.140. The van der Waals surface area contributed by atoms with Crippen molar-refractivity contribution in [2.45, 2.75) is 52.2 Å². The first kappa shape index (κ1) is 31.2. The zero-order valence-corrected chi connectivity index (χ0v) is 25.5. The molecule has 1 N–H and O–H groups in total. The molecule has 1 heterocycles. The van der Waals surface area contributed by atoms with Gasteiger partial charge in [0, 0.05) is 30.1 Å². The van der Waals surface area contributed by atoms with Crippen molar-refractivity contribution < 1.29 is 27.5 Å². The van der Waals surface area contributed by atoms with E-state index >= 15 is 0 Å². The summed E-state index contributed by atoms with van der Waals surface area (Å²) in [7, 11) is -3.91. The summed E-state index contributed by atoms with van der Waals surface area (Å²) in [6, 6.07) is 20.1. The lowest BCUT2D eigenvalue weighted by Crippen LogP contribution is -2.54.